The van der Waals surface area contributed by atoms with Gasteiger partial charge in [0.05, 0.1) is 23.2 Å². The molecule has 0 amide bonds. The third kappa shape index (κ3) is 4.49. The van der Waals surface area contributed by atoms with Crippen LogP contribution in [0.25, 0.3) is 33.5 Å². The smallest absolute Gasteiger partial charge is 0.335 e. The molecule has 168 valence electrons. The summed E-state index contributed by atoms with van der Waals surface area (Å²) in [5.41, 5.74) is 5.90. The minimum atomic E-state index is -0.924. The Morgan fingerprint density at radius 3 is 2.27 bits per heavy atom. The van der Waals surface area contributed by atoms with Crippen LogP contribution in [-0.4, -0.2) is 27.2 Å². The standard InChI is InChI=1S/C22H24N2O3.C6H4/c1-2-27-18-11-8-15(9-12-18)21-23-19-14-16(22(25)26)10-13-20(19)24(21)17-6-4-3-5-7-17;1-2-5-4-6(5)3-1/h8-14,17H,2-7H2,1H3,(H,25,26);1-4H. The maximum absolute atomic E-state index is 11.4. The first kappa shape index (κ1) is 21.3. The second-order valence-corrected chi connectivity index (χ2v) is 8.64. The summed E-state index contributed by atoms with van der Waals surface area (Å²) >= 11 is 0. The van der Waals surface area contributed by atoms with E-state index in [2.05, 4.69) is 28.8 Å². The maximum atomic E-state index is 11.4. The third-order valence-electron chi connectivity index (χ3n) is 6.41. The largest absolute Gasteiger partial charge is 0.494 e. The van der Waals surface area contributed by atoms with E-state index in [0.717, 1.165) is 41.0 Å². The molecule has 5 heteroatoms. The highest BCUT2D eigenvalue weighted by Gasteiger charge is 2.23. The van der Waals surface area contributed by atoms with Crippen LogP contribution in [0.3, 0.4) is 0 Å². The molecular formula is C28H28N2O3. The predicted octanol–water partition coefficient (Wildman–Crippen LogP) is 6.97. The minimum Gasteiger partial charge on any atom is -0.494 e. The van der Waals surface area contributed by atoms with Crippen molar-refractivity contribution in [3.05, 3.63) is 72.3 Å². The van der Waals surface area contributed by atoms with Crippen molar-refractivity contribution in [3.63, 3.8) is 0 Å². The Labute approximate surface area is 193 Å². The van der Waals surface area contributed by atoms with Gasteiger partial charge in [-0.2, -0.15) is 0 Å². The van der Waals surface area contributed by atoms with Gasteiger partial charge in [0.25, 0.3) is 0 Å². The normalized spacial score (nSPS) is 14.5. The van der Waals surface area contributed by atoms with Gasteiger partial charge in [-0.15, -0.1) is 0 Å². The molecule has 3 aromatic rings. The van der Waals surface area contributed by atoms with E-state index in [1.54, 1.807) is 12.1 Å². The summed E-state index contributed by atoms with van der Waals surface area (Å²) in [6, 6.07) is 22.1. The quantitative estimate of drug-likeness (QED) is 0.320. The van der Waals surface area contributed by atoms with E-state index in [1.165, 1.54) is 30.4 Å². The van der Waals surface area contributed by atoms with Gasteiger partial charge in [-0.3, -0.25) is 0 Å². The maximum Gasteiger partial charge on any atom is 0.335 e. The van der Waals surface area contributed by atoms with Gasteiger partial charge in [-0.1, -0.05) is 37.5 Å². The van der Waals surface area contributed by atoms with Crippen LogP contribution in [-0.2, 0) is 0 Å². The molecule has 0 unspecified atom stereocenters. The second kappa shape index (κ2) is 9.10. The van der Waals surface area contributed by atoms with Gasteiger partial charge in [-0.25, -0.2) is 9.78 Å². The van der Waals surface area contributed by atoms with Crippen molar-refractivity contribution in [1.82, 2.24) is 9.55 Å². The lowest BCUT2D eigenvalue weighted by Crippen LogP contribution is -2.14. The highest BCUT2D eigenvalue weighted by atomic mass is 16.5. The summed E-state index contributed by atoms with van der Waals surface area (Å²) in [6.07, 6.45) is 6.00. The zero-order chi connectivity index (χ0) is 22.8. The number of hydrogen-bond acceptors (Lipinski definition) is 3. The lowest BCUT2D eigenvalue weighted by atomic mass is 9.95. The van der Waals surface area contributed by atoms with Crippen LogP contribution < -0.4 is 4.74 Å². The lowest BCUT2D eigenvalue weighted by Gasteiger charge is -2.25. The van der Waals surface area contributed by atoms with Crippen LogP contribution >= 0.6 is 0 Å². The molecular weight excluding hydrogens is 412 g/mol. The molecule has 33 heavy (non-hydrogen) atoms. The molecule has 3 aliphatic rings. The van der Waals surface area contributed by atoms with Crippen LogP contribution in [0.2, 0.25) is 0 Å². The SMILES string of the molecule is CCOc1ccc(-c2nc3cc(C(=O)O)ccc3n2C2CCCCC2)cc1.c1cc2cc-2c1. The molecule has 0 atom stereocenters. The van der Waals surface area contributed by atoms with Crippen molar-refractivity contribution in [2.24, 2.45) is 0 Å². The number of nitrogens with zero attached hydrogens (tertiary/aromatic N) is 2. The Morgan fingerprint density at radius 1 is 0.970 bits per heavy atom. The van der Waals surface area contributed by atoms with Gasteiger partial charge in [-0.05, 0) is 79.4 Å². The van der Waals surface area contributed by atoms with Crippen molar-refractivity contribution in [2.45, 2.75) is 45.1 Å². The first-order chi connectivity index (χ1) is 16.1. The zero-order valence-electron chi connectivity index (χ0n) is 18.8. The van der Waals surface area contributed by atoms with Gasteiger partial charge in [0.1, 0.15) is 11.6 Å². The number of fused-ring (bicyclic) bond motifs is 2. The number of aromatic nitrogens is 2. The monoisotopic (exact) mass is 440 g/mol. The van der Waals surface area contributed by atoms with Crippen molar-refractivity contribution in [3.8, 4) is 28.3 Å². The Balaban J connectivity index is 0.000000324. The van der Waals surface area contributed by atoms with Crippen LogP contribution in [0.5, 0.6) is 5.75 Å². The van der Waals surface area contributed by atoms with Crippen molar-refractivity contribution < 1.29 is 14.6 Å². The molecule has 0 spiro atoms. The third-order valence-corrected chi connectivity index (χ3v) is 6.41. The number of rotatable bonds is 5. The first-order valence-corrected chi connectivity index (χ1v) is 11.7. The number of benzene rings is 3. The lowest BCUT2D eigenvalue weighted by molar-refractivity contribution is 0.0697. The predicted molar refractivity (Wildman–Crippen MR) is 131 cm³/mol. The first-order valence-electron chi connectivity index (χ1n) is 11.7. The minimum absolute atomic E-state index is 0.272. The summed E-state index contributed by atoms with van der Waals surface area (Å²) in [5, 5.41) is 9.32. The molecule has 0 aliphatic heterocycles. The molecule has 1 saturated carbocycles. The number of hydrogen-bond donors (Lipinski definition) is 1. The molecule has 0 radical (unpaired) electrons. The van der Waals surface area contributed by atoms with E-state index in [-0.39, 0.29) is 5.56 Å². The topological polar surface area (TPSA) is 64.3 Å². The number of imidazole rings is 1. The number of aromatic carboxylic acids is 1. The van der Waals surface area contributed by atoms with Crippen LogP contribution in [0.1, 0.15) is 55.4 Å². The number of ether oxygens (including phenoxy) is 1. The van der Waals surface area contributed by atoms with Crippen LogP contribution in [0.4, 0.5) is 0 Å². The molecule has 1 N–H and O–H groups in total. The Hall–Kier alpha value is -3.60. The molecule has 1 heterocycles. The Bertz CT molecular complexity index is 1270. The van der Waals surface area contributed by atoms with Gasteiger partial charge in [0.15, 0.2) is 0 Å². The zero-order valence-corrected chi connectivity index (χ0v) is 18.8. The summed E-state index contributed by atoms with van der Waals surface area (Å²) in [5.74, 6) is 0.823. The molecule has 0 bridgehead atoms. The summed E-state index contributed by atoms with van der Waals surface area (Å²) < 4.78 is 7.87. The molecule has 5 nitrogen and oxygen atoms in total. The highest BCUT2D eigenvalue weighted by molar-refractivity contribution is 5.93. The molecule has 0 saturated heterocycles. The fourth-order valence-electron chi connectivity index (χ4n) is 4.69. The average molecular weight is 441 g/mol. The van der Waals surface area contributed by atoms with E-state index in [9.17, 15) is 9.90 Å². The molecule has 2 aromatic carbocycles. The Morgan fingerprint density at radius 2 is 1.70 bits per heavy atom. The molecule has 6 rings (SSSR count). The molecule has 3 aliphatic carbocycles. The van der Waals surface area contributed by atoms with E-state index in [1.807, 2.05) is 37.3 Å². The number of carbonyl (C=O) groups is 1. The van der Waals surface area contributed by atoms with Crippen LogP contribution in [0, 0.1) is 0 Å². The Kier molecular flexibility index (Phi) is 5.86. The fourth-order valence-corrected chi connectivity index (χ4v) is 4.69. The number of carboxylic acid groups (broad SMARTS) is 1. The molecule has 1 aromatic heterocycles. The number of carboxylic acids is 1. The van der Waals surface area contributed by atoms with E-state index < -0.39 is 5.97 Å². The highest BCUT2D eigenvalue weighted by Crippen LogP contribution is 2.36. The summed E-state index contributed by atoms with van der Waals surface area (Å²) in [4.78, 5) is 16.2. The van der Waals surface area contributed by atoms with Crippen LogP contribution in [0.15, 0.2) is 66.7 Å². The van der Waals surface area contributed by atoms with Crippen molar-refractivity contribution >= 4 is 17.0 Å². The summed E-state index contributed by atoms with van der Waals surface area (Å²) in [7, 11) is 0. The van der Waals surface area contributed by atoms with Crippen molar-refractivity contribution in [2.75, 3.05) is 6.61 Å². The van der Waals surface area contributed by atoms with E-state index in [0.29, 0.717) is 12.6 Å². The van der Waals surface area contributed by atoms with Crippen molar-refractivity contribution in [1.29, 1.82) is 0 Å². The average Bonchev–Trinajstić information content (AvgIpc) is 3.26. The van der Waals surface area contributed by atoms with Gasteiger partial charge < -0.3 is 14.4 Å². The second-order valence-electron chi connectivity index (χ2n) is 8.64. The summed E-state index contributed by atoms with van der Waals surface area (Å²) in [6.45, 7) is 2.61. The van der Waals surface area contributed by atoms with E-state index in [4.69, 9.17) is 9.72 Å². The van der Waals surface area contributed by atoms with Gasteiger partial charge >= 0.3 is 5.97 Å². The van der Waals surface area contributed by atoms with Gasteiger partial charge in [0.2, 0.25) is 0 Å². The van der Waals surface area contributed by atoms with Gasteiger partial charge in [0, 0.05) is 11.6 Å². The van der Waals surface area contributed by atoms with E-state index >= 15 is 0 Å². The molecule has 1 fully saturated rings. The fraction of sp³-hybridized carbons (Fsp3) is 0.286.